The van der Waals surface area contributed by atoms with Crippen LogP contribution in [0.5, 0.6) is 0 Å². The number of carbonyl (C=O) groups excluding carboxylic acids is 1. The van der Waals surface area contributed by atoms with E-state index in [0.717, 1.165) is 22.9 Å². The van der Waals surface area contributed by atoms with Crippen LogP contribution < -0.4 is 5.32 Å². The summed E-state index contributed by atoms with van der Waals surface area (Å²) in [5.74, 6) is 0.00591. The molecule has 1 aromatic heterocycles. The van der Waals surface area contributed by atoms with Gasteiger partial charge in [0.2, 0.25) is 11.8 Å². The van der Waals surface area contributed by atoms with E-state index >= 15 is 0 Å². The molecule has 0 fully saturated rings. The minimum Gasteiger partial charge on any atom is -0.411 e. The predicted octanol–water partition coefficient (Wildman–Crippen LogP) is 4.50. The van der Waals surface area contributed by atoms with Gasteiger partial charge in [0.15, 0.2) is 0 Å². The molecular weight excluding hydrogens is 377 g/mol. The Morgan fingerprint density at radius 2 is 1.88 bits per heavy atom. The minimum atomic E-state index is -0.310. The first-order valence-electron chi connectivity index (χ1n) is 7.78. The van der Waals surface area contributed by atoms with Crippen LogP contribution in [-0.4, -0.2) is 21.9 Å². The first kappa shape index (κ1) is 18.4. The number of nitrogens with one attached hydrogen (secondary N) is 1. The van der Waals surface area contributed by atoms with Gasteiger partial charge in [-0.3, -0.25) is 4.79 Å². The molecular formula is C18H15ClFN3O2S. The number of halogens is 2. The highest BCUT2D eigenvalue weighted by atomic mass is 35.5. The van der Waals surface area contributed by atoms with Crippen molar-refractivity contribution in [1.82, 2.24) is 15.5 Å². The van der Waals surface area contributed by atoms with Gasteiger partial charge in [-0.2, -0.15) is 0 Å². The molecule has 0 aliphatic carbocycles. The summed E-state index contributed by atoms with van der Waals surface area (Å²) in [6.07, 6.45) is 0. The van der Waals surface area contributed by atoms with Crippen LogP contribution >= 0.6 is 23.4 Å². The molecule has 134 valence electrons. The lowest BCUT2D eigenvalue weighted by molar-refractivity contribution is -0.119. The van der Waals surface area contributed by atoms with Crippen LogP contribution in [-0.2, 0) is 4.79 Å². The highest BCUT2D eigenvalue weighted by Crippen LogP contribution is 2.24. The van der Waals surface area contributed by atoms with E-state index in [1.807, 2.05) is 6.92 Å². The summed E-state index contributed by atoms with van der Waals surface area (Å²) in [5.41, 5.74) is 1.58. The van der Waals surface area contributed by atoms with E-state index in [2.05, 4.69) is 15.5 Å². The maximum Gasteiger partial charge on any atom is 0.277 e. The Bertz CT molecular complexity index is 884. The van der Waals surface area contributed by atoms with Gasteiger partial charge in [-0.05, 0) is 48.9 Å². The Labute approximate surface area is 159 Å². The van der Waals surface area contributed by atoms with Gasteiger partial charge >= 0.3 is 0 Å². The Kier molecular flexibility index (Phi) is 5.90. The number of hydrogen-bond donors (Lipinski definition) is 1. The number of benzene rings is 2. The van der Waals surface area contributed by atoms with E-state index in [9.17, 15) is 9.18 Å². The third-order valence-corrected chi connectivity index (χ3v) is 4.64. The molecule has 5 nitrogen and oxygen atoms in total. The number of nitrogens with zero attached hydrogens (tertiary/aromatic N) is 2. The monoisotopic (exact) mass is 391 g/mol. The summed E-state index contributed by atoms with van der Waals surface area (Å²) < 4.78 is 18.5. The number of hydrogen-bond acceptors (Lipinski definition) is 5. The lowest BCUT2D eigenvalue weighted by Gasteiger charge is -2.13. The standard InChI is InChI=1S/C18H15ClFN3O2S/c1-11(12-4-8-15(20)9-5-12)21-16(24)10-26-18-23-22-17(25-18)13-2-6-14(19)7-3-13/h2-9,11H,10H2,1H3,(H,21,24)/t11-/m0/s1. The van der Waals surface area contributed by atoms with Gasteiger partial charge in [0, 0.05) is 10.6 Å². The summed E-state index contributed by atoms with van der Waals surface area (Å²) in [7, 11) is 0. The first-order valence-corrected chi connectivity index (χ1v) is 9.14. The molecule has 8 heteroatoms. The predicted molar refractivity (Wildman–Crippen MR) is 98.4 cm³/mol. The molecule has 0 aliphatic rings. The quantitative estimate of drug-likeness (QED) is 0.626. The second-order valence-corrected chi connectivity index (χ2v) is 6.87. The fourth-order valence-corrected chi connectivity index (χ4v) is 2.92. The minimum absolute atomic E-state index is 0.133. The molecule has 1 atom stereocenters. The van der Waals surface area contributed by atoms with Crippen molar-refractivity contribution in [2.75, 3.05) is 5.75 Å². The van der Waals surface area contributed by atoms with E-state index in [1.54, 1.807) is 36.4 Å². The van der Waals surface area contributed by atoms with Crippen molar-refractivity contribution in [3.63, 3.8) is 0 Å². The molecule has 0 saturated heterocycles. The molecule has 0 spiro atoms. The largest absolute Gasteiger partial charge is 0.411 e. The van der Waals surface area contributed by atoms with Gasteiger partial charge < -0.3 is 9.73 Å². The molecule has 0 radical (unpaired) electrons. The molecule has 0 bridgehead atoms. The van der Waals surface area contributed by atoms with Crippen LogP contribution in [0.15, 0.2) is 58.2 Å². The van der Waals surface area contributed by atoms with Crippen molar-refractivity contribution in [3.8, 4) is 11.5 Å². The second kappa shape index (κ2) is 8.33. The van der Waals surface area contributed by atoms with Crippen molar-refractivity contribution < 1.29 is 13.6 Å². The lowest BCUT2D eigenvalue weighted by Crippen LogP contribution is -2.28. The molecule has 1 heterocycles. The average molecular weight is 392 g/mol. The number of thioether (sulfide) groups is 1. The van der Waals surface area contributed by atoms with Crippen LogP contribution in [0.3, 0.4) is 0 Å². The van der Waals surface area contributed by atoms with E-state index < -0.39 is 0 Å². The molecule has 3 rings (SSSR count). The van der Waals surface area contributed by atoms with Crippen molar-refractivity contribution >= 4 is 29.3 Å². The molecule has 1 N–H and O–H groups in total. The van der Waals surface area contributed by atoms with Crippen LogP contribution in [0.25, 0.3) is 11.5 Å². The van der Waals surface area contributed by atoms with Crippen molar-refractivity contribution in [2.45, 2.75) is 18.2 Å². The third kappa shape index (κ3) is 4.83. The SMILES string of the molecule is C[C@H](NC(=O)CSc1nnc(-c2ccc(Cl)cc2)o1)c1ccc(F)cc1. The first-order chi connectivity index (χ1) is 12.5. The third-order valence-electron chi connectivity index (χ3n) is 3.57. The second-order valence-electron chi connectivity index (χ2n) is 5.51. The normalized spacial score (nSPS) is 12.0. The van der Waals surface area contributed by atoms with Gasteiger partial charge in [-0.15, -0.1) is 10.2 Å². The lowest BCUT2D eigenvalue weighted by atomic mass is 10.1. The highest BCUT2D eigenvalue weighted by molar-refractivity contribution is 7.99. The summed E-state index contributed by atoms with van der Waals surface area (Å²) >= 11 is 7.00. The van der Waals surface area contributed by atoms with E-state index in [-0.39, 0.29) is 23.5 Å². The fraction of sp³-hybridized carbons (Fsp3) is 0.167. The number of carbonyl (C=O) groups is 1. The summed E-state index contributed by atoms with van der Waals surface area (Å²) in [6, 6.07) is 12.8. The number of rotatable bonds is 6. The van der Waals surface area contributed by atoms with E-state index in [0.29, 0.717) is 16.1 Å². The molecule has 0 unspecified atom stereocenters. The van der Waals surface area contributed by atoms with Crippen LogP contribution in [0, 0.1) is 5.82 Å². The highest BCUT2D eigenvalue weighted by Gasteiger charge is 2.13. The smallest absolute Gasteiger partial charge is 0.277 e. The number of aromatic nitrogens is 2. The summed E-state index contributed by atoms with van der Waals surface area (Å²) in [4.78, 5) is 12.1. The molecule has 3 aromatic rings. The molecule has 0 saturated carbocycles. The van der Waals surface area contributed by atoms with Gasteiger partial charge in [-0.1, -0.05) is 35.5 Å². The zero-order chi connectivity index (χ0) is 18.5. The van der Waals surface area contributed by atoms with Gasteiger partial charge in [0.05, 0.1) is 11.8 Å². The number of amides is 1. The van der Waals surface area contributed by atoms with Gasteiger partial charge in [0.1, 0.15) is 5.82 Å². The molecule has 0 aliphatic heterocycles. The van der Waals surface area contributed by atoms with Crippen LogP contribution in [0.1, 0.15) is 18.5 Å². The van der Waals surface area contributed by atoms with E-state index in [1.165, 1.54) is 12.1 Å². The zero-order valence-electron chi connectivity index (χ0n) is 13.8. The molecule has 1 amide bonds. The van der Waals surface area contributed by atoms with E-state index in [4.69, 9.17) is 16.0 Å². The van der Waals surface area contributed by atoms with Crippen molar-refractivity contribution in [1.29, 1.82) is 0 Å². The van der Waals surface area contributed by atoms with Gasteiger partial charge in [0.25, 0.3) is 5.22 Å². The average Bonchev–Trinajstić information content (AvgIpc) is 3.10. The topological polar surface area (TPSA) is 68.0 Å². The van der Waals surface area contributed by atoms with Crippen molar-refractivity contribution in [3.05, 3.63) is 64.9 Å². The molecule has 26 heavy (non-hydrogen) atoms. The summed E-state index contributed by atoms with van der Waals surface area (Å²) in [5, 5.41) is 11.7. The van der Waals surface area contributed by atoms with Crippen LogP contribution in [0.2, 0.25) is 5.02 Å². The maximum atomic E-state index is 12.9. The Hall–Kier alpha value is -2.38. The summed E-state index contributed by atoms with van der Waals surface area (Å²) in [6.45, 7) is 1.83. The maximum absolute atomic E-state index is 12.9. The van der Waals surface area contributed by atoms with Crippen LogP contribution in [0.4, 0.5) is 4.39 Å². The Balaban J connectivity index is 1.53. The van der Waals surface area contributed by atoms with Gasteiger partial charge in [-0.25, -0.2) is 4.39 Å². The Morgan fingerprint density at radius 1 is 1.19 bits per heavy atom. The molecule has 2 aromatic carbocycles. The Morgan fingerprint density at radius 3 is 2.58 bits per heavy atom. The fourth-order valence-electron chi connectivity index (χ4n) is 2.22. The zero-order valence-corrected chi connectivity index (χ0v) is 15.4. The van der Waals surface area contributed by atoms with Crippen molar-refractivity contribution in [2.24, 2.45) is 0 Å².